The fourth-order valence-corrected chi connectivity index (χ4v) is 3.90. The number of hydrogen-bond donors (Lipinski definition) is 3. The van der Waals surface area contributed by atoms with Gasteiger partial charge in [0.25, 0.3) is 5.56 Å². The Bertz CT molecular complexity index is 1870. The van der Waals surface area contributed by atoms with Crippen LogP contribution in [-0.4, -0.2) is 21.0 Å². The van der Waals surface area contributed by atoms with Crippen LogP contribution in [0.5, 0.6) is 11.5 Å². The molecule has 2 aromatic heterocycles. The van der Waals surface area contributed by atoms with Crippen molar-refractivity contribution in [1.29, 1.82) is 0 Å². The molecule has 2 amide bonds. The predicted molar refractivity (Wildman–Crippen MR) is 133 cm³/mol. The van der Waals surface area contributed by atoms with Crippen LogP contribution in [0.2, 0.25) is 0 Å². The summed E-state index contributed by atoms with van der Waals surface area (Å²) in [5.74, 6) is -0.998. The molecule has 5 aromatic rings. The summed E-state index contributed by atoms with van der Waals surface area (Å²) in [7, 11) is 0. The maximum absolute atomic E-state index is 14.1. The minimum absolute atomic E-state index is 0.0723. The highest BCUT2D eigenvalue weighted by atomic mass is 19.4. The number of carbonyl (C=O) groups is 1. The second-order valence-corrected chi connectivity index (χ2v) is 8.45. The van der Waals surface area contributed by atoms with Crippen LogP contribution in [0.15, 0.2) is 71.7 Å². The fourth-order valence-electron chi connectivity index (χ4n) is 3.90. The number of alkyl halides is 6. The third kappa shape index (κ3) is 5.59. The van der Waals surface area contributed by atoms with Gasteiger partial charge in [-0.3, -0.25) is 4.79 Å². The van der Waals surface area contributed by atoms with E-state index < -0.39 is 52.4 Å². The van der Waals surface area contributed by atoms with E-state index in [2.05, 4.69) is 20.3 Å². The molecule has 0 saturated carbocycles. The lowest BCUT2D eigenvalue weighted by atomic mass is 10.1. The van der Waals surface area contributed by atoms with E-state index in [4.69, 9.17) is 4.74 Å². The average Bonchev–Trinajstić information content (AvgIpc) is 2.90. The molecule has 5 rings (SSSR count). The Labute approximate surface area is 223 Å². The summed E-state index contributed by atoms with van der Waals surface area (Å²) in [4.78, 5) is 33.7. The fraction of sp³-hybridized carbons (Fsp3) is 0.0769. The van der Waals surface area contributed by atoms with E-state index >= 15 is 0 Å². The molecule has 0 aliphatic heterocycles. The van der Waals surface area contributed by atoms with E-state index in [9.17, 15) is 40.3 Å². The number of urea groups is 1. The van der Waals surface area contributed by atoms with Crippen LogP contribution in [0.3, 0.4) is 0 Å². The van der Waals surface area contributed by atoms with Gasteiger partial charge in [-0.25, -0.2) is 19.2 Å². The molecule has 0 radical (unpaired) electrons. The van der Waals surface area contributed by atoms with Gasteiger partial charge in [0.2, 0.25) is 5.69 Å². The third-order valence-corrected chi connectivity index (χ3v) is 5.73. The Balaban J connectivity index is 1.45. The number of nitrogens with zero attached hydrogens (tertiary/aromatic N) is 2. The van der Waals surface area contributed by atoms with E-state index in [1.807, 2.05) is 5.32 Å². The number of hydrogen-bond acceptors (Lipinski definition) is 5. The van der Waals surface area contributed by atoms with Gasteiger partial charge in [-0.05, 0) is 30.3 Å². The highest BCUT2D eigenvalue weighted by Crippen LogP contribution is 2.37. The third-order valence-electron chi connectivity index (χ3n) is 5.73. The lowest BCUT2D eigenvalue weighted by molar-refractivity contribution is -0.142. The molecule has 3 N–H and O–H groups in total. The van der Waals surface area contributed by atoms with Gasteiger partial charge in [-0.15, -0.1) is 0 Å². The van der Waals surface area contributed by atoms with Crippen molar-refractivity contribution in [2.45, 2.75) is 12.4 Å². The first-order valence-corrected chi connectivity index (χ1v) is 11.4. The van der Waals surface area contributed by atoms with Crippen LogP contribution in [0.25, 0.3) is 21.9 Å². The van der Waals surface area contributed by atoms with Crippen molar-refractivity contribution in [3.05, 3.63) is 94.3 Å². The molecule has 0 saturated heterocycles. The van der Waals surface area contributed by atoms with Crippen molar-refractivity contribution in [3.63, 3.8) is 0 Å². The number of fused-ring (bicyclic) bond motifs is 2. The summed E-state index contributed by atoms with van der Waals surface area (Å²) in [6.07, 6.45) is -8.62. The Morgan fingerprint density at radius 2 is 1.54 bits per heavy atom. The van der Waals surface area contributed by atoms with E-state index in [0.717, 1.165) is 6.20 Å². The number of anilines is 2. The molecule has 15 heteroatoms. The zero-order valence-electron chi connectivity index (χ0n) is 20.1. The minimum Gasteiger partial charge on any atom is -0.454 e. The number of halogens is 7. The van der Waals surface area contributed by atoms with Gasteiger partial charge in [0, 0.05) is 23.0 Å². The zero-order valence-corrected chi connectivity index (χ0v) is 20.1. The molecule has 0 aliphatic carbocycles. The number of benzene rings is 3. The zero-order chi connectivity index (χ0) is 29.5. The van der Waals surface area contributed by atoms with Gasteiger partial charge < -0.3 is 20.4 Å². The summed E-state index contributed by atoms with van der Waals surface area (Å²) in [6, 6.07) is 11.0. The Morgan fingerprint density at radius 1 is 0.829 bits per heavy atom. The molecule has 0 spiro atoms. The Kier molecular flexibility index (Phi) is 6.72. The topological polar surface area (TPSA) is 109 Å². The van der Waals surface area contributed by atoms with Gasteiger partial charge >= 0.3 is 18.4 Å². The van der Waals surface area contributed by atoms with E-state index in [1.54, 1.807) is 24.3 Å². The van der Waals surface area contributed by atoms with Crippen molar-refractivity contribution in [2.75, 3.05) is 10.6 Å². The molecule has 2 heterocycles. The van der Waals surface area contributed by atoms with Crippen LogP contribution < -0.4 is 20.9 Å². The lowest BCUT2D eigenvalue weighted by Gasteiger charge is -2.15. The largest absolute Gasteiger partial charge is 0.454 e. The first kappa shape index (κ1) is 27.4. The second kappa shape index (κ2) is 10.1. The van der Waals surface area contributed by atoms with Gasteiger partial charge in [-0.1, -0.05) is 24.3 Å². The summed E-state index contributed by atoms with van der Waals surface area (Å²) < 4.78 is 98.2. The molecular formula is C26H14F7N5O3. The normalized spacial score (nSPS) is 12.0. The van der Waals surface area contributed by atoms with Gasteiger partial charge in [0.1, 0.15) is 17.1 Å². The van der Waals surface area contributed by atoms with Crippen molar-refractivity contribution < 1.29 is 40.3 Å². The molecule has 0 aliphatic rings. The van der Waals surface area contributed by atoms with Crippen molar-refractivity contribution in [1.82, 2.24) is 15.0 Å². The number of ether oxygens (including phenoxy) is 1. The molecule has 8 nitrogen and oxygen atoms in total. The molecular weight excluding hydrogens is 563 g/mol. The van der Waals surface area contributed by atoms with Crippen LogP contribution in [0.4, 0.5) is 46.9 Å². The number of aromatic amines is 1. The van der Waals surface area contributed by atoms with Crippen molar-refractivity contribution in [2.24, 2.45) is 0 Å². The number of pyridine rings is 1. The standard InChI is InChI=1S/C26H14F7N5O3/c27-15-6-5-12(25(28,29)30)11-17(15)36-24(40)35-16-7-8-18(14-4-2-1-3-13(14)16)41-19-9-10-34-22-20(19)37-23(39)21(38-22)26(31,32)33/h1-11H,(H,37,39)(H2,35,36,40). The monoisotopic (exact) mass is 577 g/mol. The summed E-state index contributed by atoms with van der Waals surface area (Å²) in [5.41, 5.74) is -5.45. The number of aromatic nitrogens is 3. The first-order valence-electron chi connectivity index (χ1n) is 11.4. The maximum Gasteiger partial charge on any atom is 0.438 e. The Hall–Kier alpha value is -5.21. The van der Waals surface area contributed by atoms with Gasteiger partial charge in [0.05, 0.1) is 16.9 Å². The summed E-state index contributed by atoms with van der Waals surface area (Å²) >= 11 is 0. The van der Waals surface area contributed by atoms with E-state index in [0.29, 0.717) is 29.0 Å². The predicted octanol–water partition coefficient (Wildman–Crippen LogP) is 7.08. The number of H-pyrrole nitrogens is 1. The smallest absolute Gasteiger partial charge is 0.438 e. The first-order chi connectivity index (χ1) is 19.3. The van der Waals surface area contributed by atoms with E-state index in [1.165, 1.54) is 18.2 Å². The van der Waals surface area contributed by atoms with Crippen molar-refractivity contribution >= 4 is 39.3 Å². The minimum atomic E-state index is -5.00. The molecule has 0 bridgehead atoms. The average molecular weight is 577 g/mol. The Morgan fingerprint density at radius 3 is 2.24 bits per heavy atom. The maximum atomic E-state index is 14.1. The molecule has 0 unspecified atom stereocenters. The molecule has 41 heavy (non-hydrogen) atoms. The number of rotatable bonds is 4. The molecule has 3 aromatic carbocycles. The van der Waals surface area contributed by atoms with Crippen molar-refractivity contribution in [3.8, 4) is 11.5 Å². The van der Waals surface area contributed by atoms with Gasteiger partial charge in [0.15, 0.2) is 11.4 Å². The molecule has 0 fully saturated rings. The quantitative estimate of drug-likeness (QED) is 0.198. The molecule has 210 valence electrons. The highest BCUT2D eigenvalue weighted by molar-refractivity contribution is 6.07. The SMILES string of the molecule is O=C(Nc1cc(C(F)(F)F)ccc1F)Nc1ccc(Oc2ccnc3nc(C(F)(F)F)c(=O)[nH]c23)c2ccccc12. The van der Waals surface area contributed by atoms with Crippen LogP contribution in [0.1, 0.15) is 11.3 Å². The van der Waals surface area contributed by atoms with E-state index in [-0.39, 0.29) is 22.7 Å². The van der Waals surface area contributed by atoms with Crippen LogP contribution >= 0.6 is 0 Å². The number of nitrogens with one attached hydrogen (secondary N) is 3. The van der Waals surface area contributed by atoms with Crippen LogP contribution in [-0.2, 0) is 12.4 Å². The summed E-state index contributed by atoms with van der Waals surface area (Å²) in [6.45, 7) is 0. The number of amides is 2. The summed E-state index contributed by atoms with van der Waals surface area (Å²) in [5, 5.41) is 5.26. The van der Waals surface area contributed by atoms with Crippen LogP contribution in [0, 0.1) is 5.82 Å². The lowest BCUT2D eigenvalue weighted by Crippen LogP contribution is -2.24. The molecule has 0 atom stereocenters. The van der Waals surface area contributed by atoms with Gasteiger partial charge in [-0.2, -0.15) is 26.3 Å². The number of carbonyl (C=O) groups excluding carboxylic acids is 1. The highest BCUT2D eigenvalue weighted by Gasteiger charge is 2.37. The second-order valence-electron chi connectivity index (χ2n) is 8.45.